The largest absolute Gasteiger partial charge is 0.462 e. The minimum absolute atomic E-state index is 0.0453. The van der Waals surface area contributed by atoms with E-state index in [0.29, 0.717) is 18.7 Å². The number of rotatable bonds is 10. The van der Waals surface area contributed by atoms with Gasteiger partial charge < -0.3 is 19.8 Å². The van der Waals surface area contributed by atoms with Gasteiger partial charge in [-0.2, -0.15) is 0 Å². The molecule has 0 spiro atoms. The normalized spacial score (nSPS) is 10.4. The highest BCUT2D eigenvalue weighted by atomic mass is 16.5. The number of aliphatic hydroxyl groups excluding tert-OH is 2. The first-order chi connectivity index (χ1) is 10.2. The van der Waals surface area contributed by atoms with E-state index in [0.717, 1.165) is 31.5 Å². The van der Waals surface area contributed by atoms with E-state index in [1.807, 2.05) is 24.0 Å². The van der Waals surface area contributed by atoms with Crippen molar-refractivity contribution in [3.8, 4) is 0 Å². The minimum Gasteiger partial charge on any atom is -0.462 e. The molecule has 2 N–H and O–H groups in total. The fraction of sp³-hybridized carbons (Fsp3) is 0.562. The highest BCUT2D eigenvalue weighted by molar-refractivity contribution is 5.90. The van der Waals surface area contributed by atoms with E-state index in [1.165, 1.54) is 0 Å². The molecule has 0 bridgehead atoms. The molecule has 0 amide bonds. The lowest BCUT2D eigenvalue weighted by Gasteiger charge is -2.24. The molecule has 0 heterocycles. The number of carbonyl (C=O) groups is 1. The molecule has 5 heteroatoms. The molecule has 0 radical (unpaired) electrons. The topological polar surface area (TPSA) is 70.0 Å². The average molecular weight is 295 g/mol. The van der Waals surface area contributed by atoms with E-state index in [4.69, 9.17) is 14.9 Å². The summed E-state index contributed by atoms with van der Waals surface area (Å²) in [6.45, 7) is 3.81. The van der Waals surface area contributed by atoms with E-state index < -0.39 is 0 Å². The summed E-state index contributed by atoms with van der Waals surface area (Å²) in [6, 6.07) is 7.23. The van der Waals surface area contributed by atoms with Gasteiger partial charge in [0.2, 0.25) is 0 Å². The van der Waals surface area contributed by atoms with E-state index in [1.54, 1.807) is 12.1 Å². The van der Waals surface area contributed by atoms with Crippen LogP contribution in [0.25, 0.3) is 0 Å². The summed E-state index contributed by atoms with van der Waals surface area (Å²) < 4.78 is 5.13. The summed E-state index contributed by atoms with van der Waals surface area (Å²) in [6.07, 6.45) is 2.35. The van der Waals surface area contributed by atoms with Crippen molar-refractivity contribution in [3.63, 3.8) is 0 Å². The molecule has 0 saturated heterocycles. The zero-order chi connectivity index (χ0) is 15.5. The van der Waals surface area contributed by atoms with Crippen LogP contribution in [0.15, 0.2) is 24.3 Å². The Morgan fingerprint density at radius 2 is 2.00 bits per heavy atom. The Hall–Kier alpha value is -1.59. The summed E-state index contributed by atoms with van der Waals surface area (Å²) in [5, 5.41) is 18.0. The molecule has 1 rings (SSSR count). The van der Waals surface area contributed by atoms with Crippen LogP contribution in [0.2, 0.25) is 0 Å². The van der Waals surface area contributed by atoms with Crippen molar-refractivity contribution in [1.82, 2.24) is 0 Å². The molecular formula is C16H25NO4. The van der Waals surface area contributed by atoms with Crippen LogP contribution in [-0.2, 0) is 4.74 Å². The fourth-order valence-corrected chi connectivity index (χ4v) is 2.01. The smallest absolute Gasteiger partial charge is 0.338 e. The van der Waals surface area contributed by atoms with Gasteiger partial charge >= 0.3 is 5.97 Å². The molecule has 0 aliphatic heterocycles. The maximum atomic E-state index is 11.9. The molecule has 5 nitrogen and oxygen atoms in total. The van der Waals surface area contributed by atoms with E-state index in [-0.39, 0.29) is 19.2 Å². The van der Waals surface area contributed by atoms with Gasteiger partial charge in [-0.05, 0) is 37.5 Å². The molecule has 118 valence electrons. The van der Waals surface area contributed by atoms with Crippen LogP contribution in [0.4, 0.5) is 5.69 Å². The van der Waals surface area contributed by atoms with Crippen LogP contribution in [-0.4, -0.2) is 49.1 Å². The quantitative estimate of drug-likeness (QED) is 0.509. The lowest BCUT2D eigenvalue weighted by Crippen LogP contribution is -2.28. The van der Waals surface area contributed by atoms with Gasteiger partial charge in [-0.1, -0.05) is 13.0 Å². The summed E-state index contributed by atoms with van der Waals surface area (Å²) in [5.41, 5.74) is 1.40. The molecule has 0 unspecified atom stereocenters. The van der Waals surface area contributed by atoms with Crippen molar-refractivity contribution in [2.24, 2.45) is 0 Å². The predicted molar refractivity (Wildman–Crippen MR) is 82.6 cm³/mol. The van der Waals surface area contributed by atoms with Gasteiger partial charge in [0.05, 0.1) is 18.8 Å². The lowest BCUT2D eigenvalue weighted by atomic mass is 10.1. The molecule has 0 saturated carbocycles. The second kappa shape index (κ2) is 10.2. The van der Waals surface area contributed by atoms with Crippen LogP contribution in [0.3, 0.4) is 0 Å². The number of esters is 1. The Balaban J connectivity index is 2.76. The highest BCUT2D eigenvalue weighted by Gasteiger charge is 2.11. The molecule has 21 heavy (non-hydrogen) atoms. The number of aliphatic hydroxyl groups is 2. The summed E-state index contributed by atoms with van der Waals surface area (Å²) in [7, 11) is 0. The van der Waals surface area contributed by atoms with Gasteiger partial charge in [0, 0.05) is 25.4 Å². The van der Waals surface area contributed by atoms with Gasteiger partial charge in [0.15, 0.2) is 0 Å². The maximum Gasteiger partial charge on any atom is 0.338 e. The second-order valence-corrected chi connectivity index (χ2v) is 4.83. The van der Waals surface area contributed by atoms with E-state index in [2.05, 4.69) is 0 Å². The Labute approximate surface area is 126 Å². The number of anilines is 1. The number of hydrogen-bond acceptors (Lipinski definition) is 5. The number of carbonyl (C=O) groups excluding carboxylic acids is 1. The Morgan fingerprint density at radius 3 is 2.67 bits per heavy atom. The standard InChI is InChI=1S/C16H25NO4/c1-2-12-21-16(20)14-6-5-7-15(13-14)17(9-11-19)8-3-4-10-18/h5-7,13,18-19H,2-4,8-12H2,1H3. The third kappa shape index (κ3) is 6.14. The van der Waals surface area contributed by atoms with Gasteiger partial charge in [-0.3, -0.25) is 0 Å². The maximum absolute atomic E-state index is 11.9. The number of benzene rings is 1. The van der Waals surface area contributed by atoms with E-state index in [9.17, 15) is 4.79 Å². The summed E-state index contributed by atoms with van der Waals surface area (Å²) in [4.78, 5) is 13.9. The monoisotopic (exact) mass is 295 g/mol. The first-order valence-corrected chi connectivity index (χ1v) is 7.46. The number of ether oxygens (including phenoxy) is 1. The number of nitrogens with zero attached hydrogens (tertiary/aromatic N) is 1. The van der Waals surface area contributed by atoms with Crippen molar-refractivity contribution >= 4 is 11.7 Å². The van der Waals surface area contributed by atoms with Gasteiger partial charge in [0.1, 0.15) is 0 Å². The first kappa shape index (κ1) is 17.5. The third-order valence-electron chi connectivity index (χ3n) is 3.09. The zero-order valence-electron chi connectivity index (χ0n) is 12.6. The Bertz CT molecular complexity index is 422. The molecular weight excluding hydrogens is 270 g/mol. The molecule has 0 atom stereocenters. The second-order valence-electron chi connectivity index (χ2n) is 4.83. The SMILES string of the molecule is CCCOC(=O)c1cccc(N(CCO)CCCCO)c1. The Morgan fingerprint density at radius 1 is 1.19 bits per heavy atom. The molecule has 1 aromatic rings. The molecule has 0 aliphatic carbocycles. The Kier molecular flexibility index (Phi) is 8.47. The van der Waals surface area contributed by atoms with Crippen LogP contribution in [0.5, 0.6) is 0 Å². The number of hydrogen-bond donors (Lipinski definition) is 2. The lowest BCUT2D eigenvalue weighted by molar-refractivity contribution is 0.0505. The van der Waals surface area contributed by atoms with Crippen molar-refractivity contribution < 1.29 is 19.7 Å². The molecule has 0 fully saturated rings. The zero-order valence-corrected chi connectivity index (χ0v) is 12.6. The van der Waals surface area contributed by atoms with Crippen LogP contribution in [0, 0.1) is 0 Å². The first-order valence-electron chi connectivity index (χ1n) is 7.46. The van der Waals surface area contributed by atoms with Gasteiger partial charge in [-0.25, -0.2) is 4.79 Å². The van der Waals surface area contributed by atoms with Crippen LogP contribution in [0.1, 0.15) is 36.5 Å². The van der Waals surface area contributed by atoms with Crippen molar-refractivity contribution in [3.05, 3.63) is 29.8 Å². The van der Waals surface area contributed by atoms with E-state index >= 15 is 0 Å². The minimum atomic E-state index is -0.321. The summed E-state index contributed by atoms with van der Waals surface area (Å²) in [5.74, 6) is -0.321. The van der Waals surface area contributed by atoms with Gasteiger partial charge in [0.25, 0.3) is 0 Å². The molecule has 0 aromatic heterocycles. The fourth-order valence-electron chi connectivity index (χ4n) is 2.01. The highest BCUT2D eigenvalue weighted by Crippen LogP contribution is 2.17. The average Bonchev–Trinajstić information content (AvgIpc) is 2.52. The number of unbranched alkanes of at least 4 members (excludes halogenated alkanes) is 1. The predicted octanol–water partition coefficient (Wildman–Crippen LogP) is 1.82. The third-order valence-corrected chi connectivity index (χ3v) is 3.09. The molecule has 0 aliphatic rings. The van der Waals surface area contributed by atoms with Crippen LogP contribution < -0.4 is 4.90 Å². The van der Waals surface area contributed by atoms with Gasteiger partial charge in [-0.15, -0.1) is 0 Å². The van der Waals surface area contributed by atoms with Crippen molar-refractivity contribution in [2.75, 3.05) is 37.8 Å². The van der Waals surface area contributed by atoms with Crippen molar-refractivity contribution in [1.29, 1.82) is 0 Å². The van der Waals surface area contributed by atoms with Crippen LogP contribution >= 0.6 is 0 Å². The molecule has 1 aromatic carbocycles. The summed E-state index contributed by atoms with van der Waals surface area (Å²) >= 11 is 0. The van der Waals surface area contributed by atoms with Crippen molar-refractivity contribution in [2.45, 2.75) is 26.2 Å².